The molecule has 0 saturated carbocycles. The number of benzene rings is 2. The molecule has 1 aromatic heterocycles. The van der Waals surface area contributed by atoms with Crippen LogP contribution in [-0.2, 0) is 26.5 Å². The number of nitrogens with one attached hydrogen (secondary N) is 2. The zero-order chi connectivity index (χ0) is 20.6. The minimum Gasteiger partial charge on any atom is -0.467 e. The summed E-state index contributed by atoms with van der Waals surface area (Å²) in [5.41, 5.74) is 1.34. The van der Waals surface area contributed by atoms with E-state index in [4.69, 9.17) is 4.74 Å². The van der Waals surface area contributed by atoms with Gasteiger partial charge in [-0.05, 0) is 17.7 Å². The summed E-state index contributed by atoms with van der Waals surface area (Å²) in [5.74, 6) is 0.214. The van der Waals surface area contributed by atoms with Crippen molar-refractivity contribution in [2.75, 3.05) is 12.9 Å². The summed E-state index contributed by atoms with van der Waals surface area (Å²) in [4.78, 5) is 43.5. The van der Waals surface area contributed by atoms with Crippen molar-refractivity contribution in [3.05, 3.63) is 76.3 Å². The second-order valence-electron chi connectivity index (χ2n) is 6.36. The SMILES string of the molecule is COC(=O)[C@H](Cc1ccccc1)NC(=O)CSCc1nc2ccccc2c(=O)[nH]1. The summed E-state index contributed by atoms with van der Waals surface area (Å²) in [7, 11) is 1.29. The summed E-state index contributed by atoms with van der Waals surface area (Å²) in [6.07, 6.45) is 0.351. The molecule has 0 fully saturated rings. The first kappa shape index (κ1) is 20.6. The van der Waals surface area contributed by atoms with Gasteiger partial charge in [-0.3, -0.25) is 9.59 Å². The van der Waals surface area contributed by atoms with Gasteiger partial charge in [0.05, 0.1) is 29.5 Å². The molecule has 0 aliphatic rings. The number of thioether (sulfide) groups is 1. The maximum Gasteiger partial charge on any atom is 0.328 e. The highest BCUT2D eigenvalue weighted by molar-refractivity contribution is 7.99. The van der Waals surface area contributed by atoms with Crippen LogP contribution in [0, 0.1) is 0 Å². The van der Waals surface area contributed by atoms with Gasteiger partial charge in [-0.1, -0.05) is 42.5 Å². The van der Waals surface area contributed by atoms with E-state index in [2.05, 4.69) is 15.3 Å². The highest BCUT2D eigenvalue weighted by Gasteiger charge is 2.21. The number of hydrogen-bond donors (Lipinski definition) is 2. The molecule has 2 N–H and O–H groups in total. The maximum absolute atomic E-state index is 12.3. The van der Waals surface area contributed by atoms with Crippen LogP contribution in [0.4, 0.5) is 0 Å². The Kier molecular flexibility index (Phi) is 7.02. The molecule has 0 radical (unpaired) electrons. The molecular formula is C21H21N3O4S. The van der Waals surface area contributed by atoms with E-state index in [1.807, 2.05) is 36.4 Å². The van der Waals surface area contributed by atoms with Gasteiger partial charge in [0.2, 0.25) is 5.91 Å². The van der Waals surface area contributed by atoms with Gasteiger partial charge in [-0.25, -0.2) is 9.78 Å². The number of amides is 1. The number of carbonyl (C=O) groups is 2. The largest absolute Gasteiger partial charge is 0.467 e. The molecule has 3 rings (SSSR count). The number of rotatable bonds is 8. The lowest BCUT2D eigenvalue weighted by molar-refractivity contribution is -0.144. The maximum atomic E-state index is 12.3. The second-order valence-corrected chi connectivity index (χ2v) is 7.34. The van der Waals surface area contributed by atoms with E-state index in [-0.39, 0.29) is 17.2 Å². The monoisotopic (exact) mass is 411 g/mol. The first-order valence-electron chi connectivity index (χ1n) is 9.03. The summed E-state index contributed by atoms with van der Waals surface area (Å²) < 4.78 is 4.80. The number of carbonyl (C=O) groups excluding carboxylic acids is 2. The quantitative estimate of drug-likeness (QED) is 0.550. The van der Waals surface area contributed by atoms with Crippen molar-refractivity contribution in [3.8, 4) is 0 Å². The van der Waals surface area contributed by atoms with Crippen molar-refractivity contribution >= 4 is 34.5 Å². The number of aromatic amines is 1. The Morgan fingerprint density at radius 3 is 2.62 bits per heavy atom. The topological polar surface area (TPSA) is 101 Å². The highest BCUT2D eigenvalue weighted by Crippen LogP contribution is 2.11. The zero-order valence-electron chi connectivity index (χ0n) is 15.9. The molecule has 0 spiro atoms. The first-order chi connectivity index (χ1) is 14.1. The average Bonchev–Trinajstić information content (AvgIpc) is 2.73. The number of fused-ring (bicyclic) bond motifs is 1. The fourth-order valence-corrected chi connectivity index (χ4v) is 3.57. The Morgan fingerprint density at radius 1 is 1.14 bits per heavy atom. The standard InChI is InChI=1S/C21H21N3O4S/c1-28-21(27)17(11-14-7-3-2-4-8-14)23-19(25)13-29-12-18-22-16-10-6-5-9-15(16)20(26)24-18/h2-10,17H,11-13H2,1H3,(H,23,25)(H,22,24,26)/t17-/m0/s1. The lowest BCUT2D eigenvalue weighted by Gasteiger charge is -2.16. The molecule has 8 heteroatoms. The molecule has 1 heterocycles. The Balaban J connectivity index is 1.56. The predicted octanol–water partition coefficient (Wildman–Crippen LogP) is 2.06. The van der Waals surface area contributed by atoms with Gasteiger partial charge >= 0.3 is 5.97 Å². The average molecular weight is 411 g/mol. The van der Waals surface area contributed by atoms with Gasteiger partial charge in [0.1, 0.15) is 11.9 Å². The normalized spacial score (nSPS) is 11.8. The highest BCUT2D eigenvalue weighted by atomic mass is 32.2. The van der Waals surface area contributed by atoms with Gasteiger partial charge in [-0.15, -0.1) is 11.8 Å². The molecule has 0 saturated heterocycles. The third-order valence-corrected chi connectivity index (χ3v) is 5.18. The lowest BCUT2D eigenvalue weighted by Crippen LogP contribution is -2.43. The van der Waals surface area contributed by atoms with E-state index in [1.54, 1.807) is 18.2 Å². The number of hydrogen-bond acceptors (Lipinski definition) is 6. The van der Waals surface area contributed by atoms with Crippen LogP contribution in [-0.4, -0.2) is 40.7 Å². The first-order valence-corrected chi connectivity index (χ1v) is 10.2. The van der Waals surface area contributed by atoms with Crippen molar-refractivity contribution in [1.29, 1.82) is 0 Å². The molecule has 3 aromatic rings. The van der Waals surface area contributed by atoms with Crippen LogP contribution in [0.5, 0.6) is 0 Å². The molecule has 0 bridgehead atoms. The number of H-pyrrole nitrogens is 1. The van der Waals surface area contributed by atoms with Crippen molar-refractivity contribution < 1.29 is 14.3 Å². The minimum atomic E-state index is -0.755. The second kappa shape index (κ2) is 9.88. The molecule has 0 unspecified atom stereocenters. The Morgan fingerprint density at radius 2 is 1.86 bits per heavy atom. The lowest BCUT2D eigenvalue weighted by atomic mass is 10.1. The number of aromatic nitrogens is 2. The van der Waals surface area contributed by atoms with Crippen LogP contribution in [0.2, 0.25) is 0 Å². The molecule has 1 amide bonds. The Bertz CT molecular complexity index is 1050. The van der Waals surface area contributed by atoms with Gasteiger partial charge < -0.3 is 15.0 Å². The van der Waals surface area contributed by atoms with Crippen molar-refractivity contribution in [3.63, 3.8) is 0 Å². The number of ether oxygens (including phenoxy) is 1. The Labute approximate surface area is 171 Å². The van der Waals surface area contributed by atoms with E-state index in [0.717, 1.165) is 5.56 Å². The summed E-state index contributed by atoms with van der Waals surface area (Å²) in [5, 5.41) is 3.25. The zero-order valence-corrected chi connectivity index (χ0v) is 16.7. The number of esters is 1. The molecule has 1 atom stereocenters. The van der Waals surface area contributed by atoms with E-state index in [9.17, 15) is 14.4 Å². The molecule has 0 aliphatic carbocycles. The van der Waals surface area contributed by atoms with Gasteiger partial charge in [0.25, 0.3) is 5.56 Å². The number of methoxy groups -OCH3 is 1. The fourth-order valence-electron chi connectivity index (χ4n) is 2.86. The molecule has 7 nitrogen and oxygen atoms in total. The van der Waals surface area contributed by atoms with Crippen LogP contribution in [0.1, 0.15) is 11.4 Å². The number of para-hydroxylation sites is 1. The summed E-state index contributed by atoms with van der Waals surface area (Å²) in [6.45, 7) is 0. The smallest absolute Gasteiger partial charge is 0.328 e. The minimum absolute atomic E-state index is 0.124. The van der Waals surface area contributed by atoms with Crippen LogP contribution in [0.25, 0.3) is 10.9 Å². The predicted molar refractivity (Wildman–Crippen MR) is 113 cm³/mol. The molecular weight excluding hydrogens is 390 g/mol. The molecule has 29 heavy (non-hydrogen) atoms. The molecule has 150 valence electrons. The van der Waals surface area contributed by atoms with Crippen LogP contribution >= 0.6 is 11.8 Å². The fraction of sp³-hybridized carbons (Fsp3) is 0.238. The third kappa shape index (κ3) is 5.68. The number of nitrogens with zero attached hydrogens (tertiary/aromatic N) is 1. The molecule has 2 aromatic carbocycles. The molecule has 0 aliphatic heterocycles. The van der Waals surface area contributed by atoms with Crippen molar-refractivity contribution in [2.24, 2.45) is 0 Å². The van der Waals surface area contributed by atoms with Gasteiger partial charge in [0, 0.05) is 6.42 Å². The Hall–Kier alpha value is -3.13. The van der Waals surface area contributed by atoms with Crippen LogP contribution < -0.4 is 10.9 Å². The van der Waals surface area contributed by atoms with Gasteiger partial charge in [-0.2, -0.15) is 0 Å². The van der Waals surface area contributed by atoms with E-state index < -0.39 is 12.0 Å². The van der Waals surface area contributed by atoms with E-state index in [1.165, 1.54) is 18.9 Å². The van der Waals surface area contributed by atoms with Crippen molar-refractivity contribution in [1.82, 2.24) is 15.3 Å². The van der Waals surface area contributed by atoms with E-state index in [0.29, 0.717) is 28.9 Å². The van der Waals surface area contributed by atoms with Crippen LogP contribution in [0.3, 0.4) is 0 Å². The van der Waals surface area contributed by atoms with Gasteiger partial charge in [0.15, 0.2) is 0 Å². The summed E-state index contributed by atoms with van der Waals surface area (Å²) >= 11 is 1.30. The van der Waals surface area contributed by atoms with Crippen molar-refractivity contribution in [2.45, 2.75) is 18.2 Å². The third-order valence-electron chi connectivity index (χ3n) is 4.24. The summed E-state index contributed by atoms with van der Waals surface area (Å²) in [6, 6.07) is 15.7. The van der Waals surface area contributed by atoms with Crippen LogP contribution in [0.15, 0.2) is 59.4 Å². The van der Waals surface area contributed by atoms with E-state index >= 15 is 0 Å².